The number of aromatic hydroxyl groups is 1. The van der Waals surface area contributed by atoms with Crippen molar-refractivity contribution in [2.75, 3.05) is 0 Å². The zero-order chi connectivity index (χ0) is 14.5. The van der Waals surface area contributed by atoms with Crippen molar-refractivity contribution in [2.24, 2.45) is 0 Å². The maximum atomic E-state index is 11.9. The Morgan fingerprint density at radius 3 is 2.55 bits per heavy atom. The second-order valence-electron chi connectivity index (χ2n) is 4.09. The average molecular weight is 333 g/mol. The van der Waals surface area contributed by atoms with Crippen LogP contribution in [0.5, 0.6) is 5.75 Å². The molecular formula is C15H13BrN2O2. The highest BCUT2D eigenvalue weighted by Crippen LogP contribution is 2.20. The first-order chi connectivity index (χ1) is 9.58. The first-order valence-electron chi connectivity index (χ1n) is 5.87. The summed E-state index contributed by atoms with van der Waals surface area (Å²) in [4.78, 5) is 11.9. The molecule has 0 saturated heterocycles. The number of halogens is 1. The highest BCUT2D eigenvalue weighted by atomic mass is 79.9. The van der Waals surface area contributed by atoms with Gasteiger partial charge in [-0.2, -0.15) is 0 Å². The van der Waals surface area contributed by atoms with E-state index in [1.54, 1.807) is 42.5 Å². The van der Waals surface area contributed by atoms with E-state index in [0.717, 1.165) is 4.47 Å². The standard InChI is InChI=1S/C15H13BrN2O2/c1-10(13-7-2-3-8-14(13)19)17-18-15(20)11-5-4-6-12(16)9-11/h2-9,17,19H,1H2,(H,18,20). The van der Waals surface area contributed by atoms with Crippen molar-refractivity contribution < 1.29 is 9.90 Å². The largest absolute Gasteiger partial charge is 0.507 e. The summed E-state index contributed by atoms with van der Waals surface area (Å²) >= 11 is 3.31. The molecule has 2 aromatic rings. The molecule has 0 fully saturated rings. The van der Waals surface area contributed by atoms with Crippen molar-refractivity contribution in [1.29, 1.82) is 0 Å². The van der Waals surface area contributed by atoms with Crippen LogP contribution in [0, 0.1) is 0 Å². The SMILES string of the molecule is C=C(NNC(=O)c1cccc(Br)c1)c1ccccc1O. The second kappa shape index (κ2) is 6.25. The second-order valence-corrected chi connectivity index (χ2v) is 5.00. The smallest absolute Gasteiger partial charge is 0.269 e. The van der Waals surface area contributed by atoms with Gasteiger partial charge in [0.05, 0.1) is 5.70 Å². The van der Waals surface area contributed by atoms with E-state index < -0.39 is 0 Å². The van der Waals surface area contributed by atoms with Crippen molar-refractivity contribution in [2.45, 2.75) is 0 Å². The van der Waals surface area contributed by atoms with Crippen molar-refractivity contribution in [1.82, 2.24) is 10.9 Å². The van der Waals surface area contributed by atoms with Crippen LogP contribution in [0.4, 0.5) is 0 Å². The number of carbonyl (C=O) groups excluding carboxylic acids is 1. The Balaban J connectivity index is 2.01. The number of para-hydroxylation sites is 1. The van der Waals surface area contributed by atoms with E-state index in [4.69, 9.17) is 0 Å². The van der Waals surface area contributed by atoms with Crippen LogP contribution in [-0.2, 0) is 0 Å². The molecule has 3 N–H and O–H groups in total. The van der Waals surface area contributed by atoms with Gasteiger partial charge in [0, 0.05) is 15.6 Å². The topological polar surface area (TPSA) is 61.4 Å². The molecule has 0 saturated carbocycles. The summed E-state index contributed by atoms with van der Waals surface area (Å²) in [5, 5.41) is 9.68. The molecule has 2 rings (SSSR count). The summed E-state index contributed by atoms with van der Waals surface area (Å²) < 4.78 is 0.824. The number of hydrogen-bond donors (Lipinski definition) is 3. The van der Waals surface area contributed by atoms with Gasteiger partial charge in [0.15, 0.2) is 0 Å². The molecule has 0 aliphatic heterocycles. The summed E-state index contributed by atoms with van der Waals surface area (Å²) in [5.41, 5.74) is 6.67. The fourth-order valence-corrected chi connectivity index (χ4v) is 2.03. The highest BCUT2D eigenvalue weighted by Gasteiger charge is 2.08. The summed E-state index contributed by atoms with van der Waals surface area (Å²) in [7, 11) is 0. The fourth-order valence-electron chi connectivity index (χ4n) is 1.63. The number of rotatable bonds is 4. The minimum absolute atomic E-state index is 0.0988. The van der Waals surface area contributed by atoms with Crippen LogP contribution < -0.4 is 10.9 Å². The lowest BCUT2D eigenvalue weighted by molar-refractivity contribution is 0.0942. The number of phenols is 1. The van der Waals surface area contributed by atoms with Crippen LogP contribution in [-0.4, -0.2) is 11.0 Å². The monoisotopic (exact) mass is 332 g/mol. The van der Waals surface area contributed by atoms with Gasteiger partial charge in [-0.25, -0.2) is 0 Å². The van der Waals surface area contributed by atoms with Crippen molar-refractivity contribution in [3.63, 3.8) is 0 Å². The first kappa shape index (κ1) is 14.1. The van der Waals surface area contributed by atoms with Crippen LogP contribution in [0.1, 0.15) is 15.9 Å². The summed E-state index contributed by atoms with van der Waals surface area (Å²) in [6, 6.07) is 13.8. The third-order valence-electron chi connectivity index (χ3n) is 2.64. The molecular weight excluding hydrogens is 320 g/mol. The molecule has 0 spiro atoms. The molecule has 0 unspecified atom stereocenters. The van der Waals surface area contributed by atoms with Crippen molar-refractivity contribution in [3.8, 4) is 5.75 Å². The number of nitrogens with one attached hydrogen (secondary N) is 2. The number of amides is 1. The molecule has 20 heavy (non-hydrogen) atoms. The summed E-state index contributed by atoms with van der Waals surface area (Å²) in [6.07, 6.45) is 0. The number of hydrogen-bond acceptors (Lipinski definition) is 3. The van der Waals surface area contributed by atoms with Gasteiger partial charge in [0.1, 0.15) is 5.75 Å². The van der Waals surface area contributed by atoms with Crippen LogP contribution >= 0.6 is 15.9 Å². The van der Waals surface area contributed by atoms with Crippen molar-refractivity contribution >= 4 is 27.5 Å². The van der Waals surface area contributed by atoms with E-state index >= 15 is 0 Å². The lowest BCUT2D eigenvalue weighted by Gasteiger charge is -2.12. The third kappa shape index (κ3) is 3.39. The van der Waals surface area contributed by atoms with E-state index in [1.165, 1.54) is 0 Å². The van der Waals surface area contributed by atoms with Crippen molar-refractivity contribution in [3.05, 3.63) is 70.7 Å². The molecule has 0 aliphatic carbocycles. The predicted octanol–water partition coefficient (Wildman–Crippen LogP) is 3.06. The minimum Gasteiger partial charge on any atom is -0.507 e. The van der Waals surface area contributed by atoms with E-state index in [0.29, 0.717) is 16.8 Å². The molecule has 4 nitrogen and oxygen atoms in total. The number of hydrazine groups is 1. The Hall–Kier alpha value is -2.27. The van der Waals surface area contributed by atoms with Gasteiger partial charge in [0.2, 0.25) is 0 Å². The first-order valence-corrected chi connectivity index (χ1v) is 6.66. The number of phenolic OH excluding ortho intramolecular Hbond substituents is 1. The van der Waals surface area contributed by atoms with Gasteiger partial charge in [-0.15, -0.1) is 0 Å². The lowest BCUT2D eigenvalue weighted by Crippen LogP contribution is -2.35. The van der Waals surface area contributed by atoms with E-state index in [-0.39, 0.29) is 11.7 Å². The molecule has 5 heteroatoms. The van der Waals surface area contributed by atoms with Gasteiger partial charge < -0.3 is 5.11 Å². The Labute approximate surface area is 125 Å². The van der Waals surface area contributed by atoms with Gasteiger partial charge >= 0.3 is 0 Å². The van der Waals surface area contributed by atoms with Gasteiger partial charge in [-0.3, -0.25) is 15.6 Å². The molecule has 0 heterocycles. The molecule has 0 atom stereocenters. The lowest BCUT2D eigenvalue weighted by atomic mass is 10.1. The highest BCUT2D eigenvalue weighted by molar-refractivity contribution is 9.10. The Morgan fingerprint density at radius 1 is 1.10 bits per heavy atom. The third-order valence-corrected chi connectivity index (χ3v) is 3.14. The molecule has 0 aromatic heterocycles. The van der Waals surface area contributed by atoms with E-state index in [1.807, 2.05) is 6.07 Å². The van der Waals surface area contributed by atoms with E-state index in [9.17, 15) is 9.90 Å². The summed E-state index contributed by atoms with van der Waals surface area (Å²) in [5.74, 6) is -0.190. The Bertz CT molecular complexity index is 656. The maximum absolute atomic E-state index is 11.9. The minimum atomic E-state index is -0.289. The van der Waals surface area contributed by atoms with E-state index in [2.05, 4.69) is 33.4 Å². The van der Waals surface area contributed by atoms with Crippen LogP contribution in [0.2, 0.25) is 0 Å². The zero-order valence-corrected chi connectivity index (χ0v) is 12.1. The van der Waals surface area contributed by atoms with Crippen LogP contribution in [0.25, 0.3) is 5.70 Å². The molecule has 0 bridgehead atoms. The molecule has 1 amide bonds. The Morgan fingerprint density at radius 2 is 1.85 bits per heavy atom. The maximum Gasteiger partial charge on any atom is 0.269 e. The average Bonchev–Trinajstić information content (AvgIpc) is 2.45. The molecule has 102 valence electrons. The van der Waals surface area contributed by atoms with Gasteiger partial charge in [0.25, 0.3) is 5.91 Å². The van der Waals surface area contributed by atoms with Gasteiger partial charge in [-0.05, 0) is 30.3 Å². The van der Waals surface area contributed by atoms with Crippen LogP contribution in [0.15, 0.2) is 59.6 Å². The molecule has 0 aliphatic rings. The normalized spacial score (nSPS) is 9.85. The number of carbonyl (C=O) groups is 1. The summed E-state index contributed by atoms with van der Waals surface area (Å²) in [6.45, 7) is 3.77. The predicted molar refractivity (Wildman–Crippen MR) is 81.9 cm³/mol. The Kier molecular flexibility index (Phi) is 4.42. The van der Waals surface area contributed by atoms with Gasteiger partial charge in [-0.1, -0.05) is 40.7 Å². The fraction of sp³-hybridized carbons (Fsp3) is 0. The van der Waals surface area contributed by atoms with Crippen LogP contribution in [0.3, 0.4) is 0 Å². The number of benzene rings is 2. The molecule has 2 aromatic carbocycles. The quantitative estimate of drug-likeness (QED) is 0.754. The zero-order valence-electron chi connectivity index (χ0n) is 10.6. The molecule has 0 radical (unpaired) electrons.